The topological polar surface area (TPSA) is 54.0 Å². The number of aryl methyl sites for hydroxylation is 1. The average molecular weight is 289 g/mol. The Hall–Kier alpha value is -1.88. The smallest absolute Gasteiger partial charge is 0.255 e. The van der Waals surface area contributed by atoms with Crippen molar-refractivity contribution in [2.24, 2.45) is 0 Å². The van der Waals surface area contributed by atoms with Crippen LogP contribution < -0.4 is 10.6 Å². The van der Waals surface area contributed by atoms with Crippen molar-refractivity contribution < 1.29 is 4.79 Å². The monoisotopic (exact) mass is 289 g/mol. The van der Waals surface area contributed by atoms with Crippen LogP contribution >= 0.6 is 11.3 Å². The maximum absolute atomic E-state index is 12.4. The normalized spacial score (nSPS) is 11.9. The van der Waals surface area contributed by atoms with E-state index in [1.54, 1.807) is 17.5 Å². The highest BCUT2D eigenvalue weighted by Gasteiger charge is 2.17. The second-order valence-electron chi connectivity index (χ2n) is 4.57. The van der Waals surface area contributed by atoms with Crippen LogP contribution in [-0.2, 0) is 0 Å². The van der Waals surface area contributed by atoms with Crippen LogP contribution in [0.5, 0.6) is 0 Å². The molecule has 1 unspecified atom stereocenters. The van der Waals surface area contributed by atoms with Gasteiger partial charge in [0, 0.05) is 23.8 Å². The van der Waals surface area contributed by atoms with E-state index in [4.69, 9.17) is 0 Å². The largest absolute Gasteiger partial charge is 0.387 e. The van der Waals surface area contributed by atoms with E-state index >= 15 is 0 Å². The fourth-order valence-electron chi connectivity index (χ4n) is 2.05. The number of amides is 1. The molecule has 2 heterocycles. The molecule has 1 amide bonds. The first-order valence-electron chi connectivity index (χ1n) is 6.64. The number of anilines is 1. The summed E-state index contributed by atoms with van der Waals surface area (Å²) in [7, 11) is 1.81. The first kappa shape index (κ1) is 14.5. The van der Waals surface area contributed by atoms with Gasteiger partial charge >= 0.3 is 0 Å². The van der Waals surface area contributed by atoms with E-state index in [0.717, 1.165) is 17.8 Å². The Morgan fingerprint density at radius 1 is 1.50 bits per heavy atom. The van der Waals surface area contributed by atoms with Gasteiger partial charge in [0.2, 0.25) is 0 Å². The third-order valence-electron chi connectivity index (χ3n) is 3.15. The van der Waals surface area contributed by atoms with Gasteiger partial charge in [-0.25, -0.2) is 0 Å². The lowest BCUT2D eigenvalue weighted by molar-refractivity contribution is 0.0936. The molecule has 0 aliphatic heterocycles. The lowest BCUT2D eigenvalue weighted by Crippen LogP contribution is -2.28. The molecule has 0 aromatic carbocycles. The highest BCUT2D eigenvalue weighted by Crippen LogP contribution is 2.23. The number of nitrogens with zero attached hydrogens (tertiary/aromatic N) is 1. The maximum atomic E-state index is 12.4. The van der Waals surface area contributed by atoms with Crippen LogP contribution in [0.15, 0.2) is 29.8 Å². The van der Waals surface area contributed by atoms with Crippen LogP contribution in [0.1, 0.15) is 40.3 Å². The van der Waals surface area contributed by atoms with E-state index < -0.39 is 0 Å². The molecule has 0 saturated heterocycles. The number of rotatable bonds is 5. The Balaban J connectivity index is 2.19. The molecule has 2 rings (SSSR count). The minimum absolute atomic E-state index is 0.0495. The molecular weight excluding hydrogens is 270 g/mol. The van der Waals surface area contributed by atoms with E-state index in [1.165, 1.54) is 4.88 Å². The molecule has 0 spiro atoms. The zero-order chi connectivity index (χ0) is 14.5. The molecule has 0 aliphatic rings. The van der Waals surface area contributed by atoms with Crippen molar-refractivity contribution in [2.75, 3.05) is 12.4 Å². The van der Waals surface area contributed by atoms with Crippen LogP contribution in [0.25, 0.3) is 0 Å². The lowest BCUT2D eigenvalue weighted by atomic mass is 10.1. The van der Waals surface area contributed by atoms with Crippen LogP contribution in [0.3, 0.4) is 0 Å². The number of pyridine rings is 1. The Labute approximate surface area is 123 Å². The molecule has 0 radical (unpaired) electrons. The molecule has 0 saturated carbocycles. The summed E-state index contributed by atoms with van der Waals surface area (Å²) in [5, 5.41) is 8.14. The van der Waals surface area contributed by atoms with Crippen molar-refractivity contribution in [1.82, 2.24) is 10.3 Å². The minimum Gasteiger partial charge on any atom is -0.387 e. The van der Waals surface area contributed by atoms with Crippen molar-refractivity contribution >= 4 is 22.9 Å². The molecule has 1 atom stereocenters. The fourth-order valence-corrected chi connectivity index (χ4v) is 2.91. The molecule has 2 aromatic rings. The summed E-state index contributed by atoms with van der Waals surface area (Å²) in [5.74, 6) is -0.0953. The predicted molar refractivity (Wildman–Crippen MR) is 83.3 cm³/mol. The van der Waals surface area contributed by atoms with Crippen molar-refractivity contribution in [3.8, 4) is 0 Å². The van der Waals surface area contributed by atoms with Gasteiger partial charge in [0.05, 0.1) is 17.3 Å². The Morgan fingerprint density at radius 2 is 2.30 bits per heavy atom. The van der Waals surface area contributed by atoms with Crippen LogP contribution in [-0.4, -0.2) is 17.9 Å². The zero-order valence-corrected chi connectivity index (χ0v) is 12.8. The number of carbonyl (C=O) groups is 1. The van der Waals surface area contributed by atoms with Crippen molar-refractivity contribution in [3.05, 3.63) is 45.9 Å². The highest BCUT2D eigenvalue weighted by atomic mass is 32.1. The molecule has 5 heteroatoms. The van der Waals surface area contributed by atoms with Gasteiger partial charge in [0.25, 0.3) is 5.91 Å². The molecule has 0 bridgehead atoms. The van der Waals surface area contributed by atoms with Gasteiger partial charge in [-0.2, -0.15) is 0 Å². The zero-order valence-electron chi connectivity index (χ0n) is 11.9. The molecule has 106 valence electrons. The second kappa shape index (κ2) is 6.52. The fraction of sp³-hybridized carbons (Fsp3) is 0.333. The van der Waals surface area contributed by atoms with Crippen LogP contribution in [0.4, 0.5) is 5.69 Å². The molecule has 0 fully saturated rings. The van der Waals surface area contributed by atoms with E-state index in [-0.39, 0.29) is 11.9 Å². The van der Waals surface area contributed by atoms with E-state index in [9.17, 15) is 4.79 Å². The molecule has 0 aliphatic carbocycles. The molecule has 2 aromatic heterocycles. The quantitative estimate of drug-likeness (QED) is 0.887. The van der Waals surface area contributed by atoms with E-state index in [0.29, 0.717) is 5.56 Å². The summed E-state index contributed by atoms with van der Waals surface area (Å²) >= 11 is 1.66. The summed E-state index contributed by atoms with van der Waals surface area (Å²) < 4.78 is 0. The summed E-state index contributed by atoms with van der Waals surface area (Å²) in [6.45, 7) is 3.97. The van der Waals surface area contributed by atoms with Crippen molar-refractivity contribution in [2.45, 2.75) is 26.3 Å². The van der Waals surface area contributed by atoms with Gasteiger partial charge in [-0.3, -0.25) is 9.78 Å². The third-order valence-corrected chi connectivity index (χ3v) is 4.14. The van der Waals surface area contributed by atoms with Crippen LogP contribution in [0, 0.1) is 6.92 Å². The SMILES string of the molecule is CCC(NC(=O)c1cnc(C)cc1NC)c1cccs1. The third kappa shape index (κ3) is 3.17. The predicted octanol–water partition coefficient (Wildman–Crippen LogP) is 3.37. The minimum atomic E-state index is -0.0953. The van der Waals surface area contributed by atoms with Gasteiger partial charge in [0.1, 0.15) is 0 Å². The molecule has 2 N–H and O–H groups in total. The van der Waals surface area contributed by atoms with Gasteiger partial charge in [0.15, 0.2) is 0 Å². The first-order chi connectivity index (χ1) is 9.65. The lowest BCUT2D eigenvalue weighted by Gasteiger charge is -2.17. The van der Waals surface area contributed by atoms with Gasteiger partial charge in [-0.1, -0.05) is 13.0 Å². The number of hydrogen-bond acceptors (Lipinski definition) is 4. The van der Waals surface area contributed by atoms with Gasteiger partial charge in [-0.05, 0) is 30.9 Å². The molecule has 4 nitrogen and oxygen atoms in total. The van der Waals surface area contributed by atoms with Crippen molar-refractivity contribution in [1.29, 1.82) is 0 Å². The van der Waals surface area contributed by atoms with Gasteiger partial charge < -0.3 is 10.6 Å². The summed E-state index contributed by atoms with van der Waals surface area (Å²) in [6, 6.07) is 5.97. The maximum Gasteiger partial charge on any atom is 0.255 e. The number of carbonyl (C=O) groups excluding carboxylic acids is 1. The Morgan fingerprint density at radius 3 is 2.90 bits per heavy atom. The second-order valence-corrected chi connectivity index (χ2v) is 5.55. The van der Waals surface area contributed by atoms with Crippen LogP contribution in [0.2, 0.25) is 0 Å². The number of hydrogen-bond donors (Lipinski definition) is 2. The van der Waals surface area contributed by atoms with Crippen molar-refractivity contribution in [3.63, 3.8) is 0 Å². The highest BCUT2D eigenvalue weighted by molar-refractivity contribution is 7.10. The first-order valence-corrected chi connectivity index (χ1v) is 7.52. The average Bonchev–Trinajstić information content (AvgIpc) is 2.98. The Kier molecular flexibility index (Phi) is 4.74. The van der Waals surface area contributed by atoms with E-state index in [2.05, 4.69) is 22.5 Å². The van der Waals surface area contributed by atoms with E-state index in [1.807, 2.05) is 37.6 Å². The molecule has 20 heavy (non-hydrogen) atoms. The number of thiophene rings is 1. The molecular formula is C15H19N3OS. The van der Waals surface area contributed by atoms with Gasteiger partial charge in [-0.15, -0.1) is 11.3 Å². The Bertz CT molecular complexity index is 581. The number of nitrogens with one attached hydrogen (secondary N) is 2. The standard InChI is InChI=1S/C15H19N3OS/c1-4-12(14-6-5-7-20-14)18-15(19)11-9-17-10(2)8-13(11)16-3/h5-9,12H,4H2,1-3H3,(H,16,17)(H,18,19). The summed E-state index contributed by atoms with van der Waals surface area (Å²) in [4.78, 5) is 17.8. The summed E-state index contributed by atoms with van der Waals surface area (Å²) in [5.41, 5.74) is 2.26. The number of aromatic nitrogens is 1. The summed E-state index contributed by atoms with van der Waals surface area (Å²) in [6.07, 6.45) is 2.48.